The lowest BCUT2D eigenvalue weighted by atomic mass is 9.57. The van der Waals surface area contributed by atoms with Crippen LogP contribution >= 0.6 is 0 Å². The first kappa shape index (κ1) is 20.6. The highest BCUT2D eigenvalue weighted by Gasteiger charge is 2.46. The fourth-order valence-corrected chi connectivity index (χ4v) is 4.59. The van der Waals surface area contributed by atoms with Gasteiger partial charge in [0.25, 0.3) is 0 Å². The molecule has 2 aliphatic rings. The number of tetrazole rings is 1. The minimum atomic E-state index is -0.429. The monoisotopic (exact) mass is 413 g/mol. The molecule has 8 heteroatoms. The second-order valence-corrected chi connectivity index (χ2v) is 9.63. The molecule has 1 aromatic heterocycles. The predicted molar refractivity (Wildman–Crippen MR) is 111 cm³/mol. The van der Waals surface area contributed by atoms with Gasteiger partial charge in [-0.3, -0.25) is 0 Å². The van der Waals surface area contributed by atoms with Crippen LogP contribution in [0.4, 0.5) is 4.79 Å². The molecule has 1 aliphatic heterocycles. The van der Waals surface area contributed by atoms with E-state index in [9.17, 15) is 4.79 Å². The van der Waals surface area contributed by atoms with Crippen molar-refractivity contribution in [3.63, 3.8) is 0 Å². The van der Waals surface area contributed by atoms with Crippen molar-refractivity contribution >= 4 is 6.09 Å². The third-order valence-electron chi connectivity index (χ3n) is 6.16. The Balaban J connectivity index is 1.15. The van der Waals surface area contributed by atoms with Crippen molar-refractivity contribution in [1.29, 1.82) is 0 Å². The minimum Gasteiger partial charge on any atom is -0.494 e. The van der Waals surface area contributed by atoms with Crippen LogP contribution in [0.5, 0.6) is 5.75 Å². The van der Waals surface area contributed by atoms with Crippen molar-refractivity contribution < 1.29 is 14.3 Å². The van der Waals surface area contributed by atoms with Crippen LogP contribution in [0, 0.1) is 11.3 Å². The van der Waals surface area contributed by atoms with Gasteiger partial charge in [0.15, 0.2) is 0 Å². The third kappa shape index (κ3) is 4.91. The Bertz CT molecular complexity index is 829. The summed E-state index contributed by atoms with van der Waals surface area (Å²) < 4.78 is 13.0. The zero-order valence-electron chi connectivity index (χ0n) is 18.1. The van der Waals surface area contributed by atoms with Crippen LogP contribution in [0.3, 0.4) is 0 Å². The summed E-state index contributed by atoms with van der Waals surface area (Å²) in [4.78, 5) is 14.1. The van der Waals surface area contributed by atoms with Crippen LogP contribution in [0.25, 0.3) is 5.69 Å². The SMILES string of the molecule is CC(C)(C)OC(=O)N1CCC2(CC1)CC(CCOc1ccc(-n3cnnn3)cc1)C2. The topological polar surface area (TPSA) is 82.4 Å². The number of piperidine rings is 1. The average Bonchev–Trinajstić information content (AvgIpc) is 3.21. The van der Waals surface area contributed by atoms with Crippen molar-refractivity contribution in [2.45, 2.75) is 58.5 Å². The van der Waals surface area contributed by atoms with Crippen LogP contribution in [-0.2, 0) is 4.74 Å². The second-order valence-electron chi connectivity index (χ2n) is 9.63. The number of hydrogen-bond acceptors (Lipinski definition) is 6. The van der Waals surface area contributed by atoms with E-state index >= 15 is 0 Å². The summed E-state index contributed by atoms with van der Waals surface area (Å²) in [6.45, 7) is 8.10. The minimum absolute atomic E-state index is 0.173. The molecule has 0 bridgehead atoms. The smallest absolute Gasteiger partial charge is 0.410 e. The van der Waals surface area contributed by atoms with E-state index in [0.29, 0.717) is 5.41 Å². The highest BCUT2D eigenvalue weighted by molar-refractivity contribution is 5.68. The second kappa shape index (κ2) is 8.24. The molecule has 2 aromatic rings. The molecule has 2 fully saturated rings. The predicted octanol–water partition coefficient (Wildman–Crippen LogP) is 3.86. The van der Waals surface area contributed by atoms with Gasteiger partial charge in [0, 0.05) is 13.1 Å². The molecule has 0 unspecified atom stereocenters. The van der Waals surface area contributed by atoms with Gasteiger partial charge in [0.2, 0.25) is 0 Å². The number of amides is 1. The summed E-state index contributed by atoms with van der Waals surface area (Å²) in [7, 11) is 0. The zero-order valence-corrected chi connectivity index (χ0v) is 18.1. The molecule has 1 amide bonds. The quantitative estimate of drug-likeness (QED) is 0.740. The number of likely N-dealkylation sites (tertiary alicyclic amines) is 1. The molecule has 0 atom stereocenters. The molecule has 8 nitrogen and oxygen atoms in total. The molecule has 0 N–H and O–H groups in total. The van der Waals surface area contributed by atoms with Gasteiger partial charge in [-0.25, -0.2) is 9.48 Å². The maximum Gasteiger partial charge on any atom is 0.410 e. The Hall–Kier alpha value is -2.64. The molecule has 1 saturated carbocycles. The van der Waals surface area contributed by atoms with Gasteiger partial charge in [0.05, 0.1) is 12.3 Å². The number of hydrogen-bond donors (Lipinski definition) is 0. The Morgan fingerprint density at radius 2 is 1.87 bits per heavy atom. The molecule has 1 aromatic carbocycles. The first-order valence-electron chi connectivity index (χ1n) is 10.8. The summed E-state index contributed by atoms with van der Waals surface area (Å²) in [6.07, 6.45) is 7.14. The number of benzene rings is 1. The number of ether oxygens (including phenoxy) is 2. The highest BCUT2D eigenvalue weighted by atomic mass is 16.6. The van der Waals surface area contributed by atoms with Gasteiger partial charge in [-0.2, -0.15) is 0 Å². The molecule has 1 spiro atoms. The Labute approximate surface area is 177 Å². The van der Waals surface area contributed by atoms with Crippen LogP contribution in [-0.4, -0.2) is 56.5 Å². The number of rotatable bonds is 5. The van der Waals surface area contributed by atoms with Crippen LogP contribution < -0.4 is 4.74 Å². The molecule has 0 radical (unpaired) electrons. The number of aromatic nitrogens is 4. The number of carbonyl (C=O) groups is 1. The van der Waals surface area contributed by atoms with E-state index < -0.39 is 5.60 Å². The lowest BCUT2D eigenvalue weighted by molar-refractivity contribution is -0.0314. The number of nitrogens with zero attached hydrogens (tertiary/aromatic N) is 5. The van der Waals surface area contributed by atoms with Crippen molar-refractivity contribution in [2.24, 2.45) is 11.3 Å². The summed E-state index contributed by atoms with van der Waals surface area (Å²) in [5.41, 5.74) is 0.907. The molecule has 2 heterocycles. The van der Waals surface area contributed by atoms with Gasteiger partial charge >= 0.3 is 6.09 Å². The summed E-state index contributed by atoms with van der Waals surface area (Å²) >= 11 is 0. The van der Waals surface area contributed by atoms with E-state index in [1.54, 1.807) is 11.0 Å². The summed E-state index contributed by atoms with van der Waals surface area (Å²) in [5.74, 6) is 1.59. The third-order valence-corrected chi connectivity index (χ3v) is 6.16. The van der Waals surface area contributed by atoms with Crippen molar-refractivity contribution in [3.8, 4) is 11.4 Å². The average molecular weight is 414 g/mol. The zero-order chi connectivity index (χ0) is 21.2. The maximum atomic E-state index is 12.2. The Kier molecular flexibility index (Phi) is 5.66. The molecular weight excluding hydrogens is 382 g/mol. The fourth-order valence-electron chi connectivity index (χ4n) is 4.59. The van der Waals surface area contributed by atoms with Crippen molar-refractivity contribution in [3.05, 3.63) is 30.6 Å². The Morgan fingerprint density at radius 1 is 1.17 bits per heavy atom. The van der Waals surface area contributed by atoms with E-state index in [4.69, 9.17) is 9.47 Å². The van der Waals surface area contributed by atoms with Gasteiger partial charge in [-0.1, -0.05) is 0 Å². The van der Waals surface area contributed by atoms with Gasteiger partial charge in [0.1, 0.15) is 17.7 Å². The van der Waals surface area contributed by atoms with Gasteiger partial charge < -0.3 is 14.4 Å². The number of carbonyl (C=O) groups excluding carboxylic acids is 1. The van der Waals surface area contributed by atoms with Crippen LogP contribution in [0.15, 0.2) is 30.6 Å². The molecule has 30 heavy (non-hydrogen) atoms. The molecule has 162 valence electrons. The Morgan fingerprint density at radius 3 is 2.47 bits per heavy atom. The van der Waals surface area contributed by atoms with E-state index in [0.717, 1.165) is 56.3 Å². The van der Waals surface area contributed by atoms with Gasteiger partial charge in [-0.05, 0) is 98.9 Å². The normalized spacial score (nSPS) is 18.8. The molecule has 4 rings (SSSR count). The van der Waals surface area contributed by atoms with E-state index in [2.05, 4.69) is 15.5 Å². The largest absolute Gasteiger partial charge is 0.494 e. The van der Waals surface area contributed by atoms with E-state index in [1.807, 2.05) is 49.9 Å². The van der Waals surface area contributed by atoms with Gasteiger partial charge in [-0.15, -0.1) is 5.10 Å². The fraction of sp³-hybridized carbons (Fsp3) is 0.636. The van der Waals surface area contributed by atoms with E-state index in [-0.39, 0.29) is 6.09 Å². The van der Waals surface area contributed by atoms with Crippen LogP contribution in [0.2, 0.25) is 0 Å². The first-order chi connectivity index (χ1) is 14.3. The van der Waals surface area contributed by atoms with E-state index in [1.165, 1.54) is 12.8 Å². The molecular formula is C22H31N5O3. The maximum absolute atomic E-state index is 12.2. The highest BCUT2D eigenvalue weighted by Crippen LogP contribution is 2.53. The summed E-state index contributed by atoms with van der Waals surface area (Å²) in [5, 5.41) is 11.2. The lowest BCUT2D eigenvalue weighted by Crippen LogP contribution is -2.49. The van der Waals surface area contributed by atoms with Crippen LogP contribution in [0.1, 0.15) is 52.9 Å². The standard InChI is InChI=1S/C22H31N5O3/c1-21(2,3)30-20(28)26-11-9-22(10-12-26)14-17(15-22)8-13-29-19-6-4-18(5-7-19)27-16-23-24-25-27/h4-7,16-17H,8-15H2,1-3H3. The molecule has 1 saturated heterocycles. The first-order valence-corrected chi connectivity index (χ1v) is 10.8. The summed E-state index contributed by atoms with van der Waals surface area (Å²) in [6, 6.07) is 7.79. The van der Waals surface area contributed by atoms with Crippen molar-refractivity contribution in [2.75, 3.05) is 19.7 Å². The van der Waals surface area contributed by atoms with Crippen molar-refractivity contribution in [1.82, 2.24) is 25.1 Å². The molecule has 1 aliphatic carbocycles. The lowest BCUT2D eigenvalue weighted by Gasteiger charge is -2.52.